The molecule has 0 spiro atoms. The zero-order chi connectivity index (χ0) is 23.2. The number of hydrazine groups is 1. The Kier molecular flexibility index (Phi) is 5.61. The van der Waals surface area contributed by atoms with Gasteiger partial charge in [0.2, 0.25) is 0 Å². The molecule has 5 atom stereocenters. The van der Waals surface area contributed by atoms with Crippen molar-refractivity contribution in [2.24, 2.45) is 11.8 Å². The van der Waals surface area contributed by atoms with E-state index in [9.17, 15) is 18.0 Å². The van der Waals surface area contributed by atoms with Crippen molar-refractivity contribution in [2.75, 3.05) is 13.7 Å². The summed E-state index contributed by atoms with van der Waals surface area (Å²) in [6, 6.07) is 5.47. The number of hydrogen-bond donors (Lipinski definition) is 3. The molecule has 0 radical (unpaired) electrons. The van der Waals surface area contributed by atoms with E-state index in [1.54, 1.807) is 23.4 Å². The van der Waals surface area contributed by atoms with E-state index in [4.69, 9.17) is 4.74 Å². The van der Waals surface area contributed by atoms with E-state index in [1.807, 2.05) is 0 Å². The largest absolute Gasteiger partial charge is 0.467 e. The monoisotopic (exact) mass is 462 g/mol. The highest BCUT2D eigenvalue weighted by Gasteiger charge is 2.47. The van der Waals surface area contributed by atoms with Gasteiger partial charge in [0, 0.05) is 43.1 Å². The number of ether oxygens (including phenoxy) is 1. The third-order valence-electron chi connectivity index (χ3n) is 6.89. The van der Waals surface area contributed by atoms with Crippen LogP contribution in [0.15, 0.2) is 36.7 Å². The van der Waals surface area contributed by atoms with Crippen LogP contribution in [-0.4, -0.2) is 46.6 Å². The summed E-state index contributed by atoms with van der Waals surface area (Å²) >= 11 is 0. The van der Waals surface area contributed by atoms with E-state index in [1.165, 1.54) is 13.2 Å². The van der Waals surface area contributed by atoms with Crippen LogP contribution in [0.4, 0.5) is 18.0 Å². The molecule has 11 heteroatoms. The van der Waals surface area contributed by atoms with Gasteiger partial charge in [0.1, 0.15) is 0 Å². The number of benzene rings is 1. The van der Waals surface area contributed by atoms with Crippen LogP contribution in [-0.2, 0) is 12.7 Å². The first kappa shape index (κ1) is 21.9. The lowest BCUT2D eigenvalue weighted by molar-refractivity contribution is -0.137. The third kappa shape index (κ3) is 4.34. The lowest BCUT2D eigenvalue weighted by atomic mass is 9.71. The number of nitrogens with one attached hydrogen (secondary N) is 3. The third-order valence-corrected chi connectivity index (χ3v) is 6.89. The summed E-state index contributed by atoms with van der Waals surface area (Å²) in [5.41, 5.74) is 7.40. The van der Waals surface area contributed by atoms with E-state index in [2.05, 4.69) is 26.1 Å². The SMILES string of the molecule is COc1ncc(C2NNC3CC4NC(=O)N(Cc5cccc(C(F)(F)F)c5)CC4CC32)cn1. The van der Waals surface area contributed by atoms with Crippen LogP contribution in [0.5, 0.6) is 6.01 Å². The molecular formula is C22H25F3N6O2. The molecule has 5 unspecified atom stereocenters. The number of halogens is 3. The number of methoxy groups -OCH3 is 1. The van der Waals surface area contributed by atoms with Gasteiger partial charge in [-0.15, -0.1) is 0 Å². The number of nitrogens with zero attached hydrogens (tertiary/aromatic N) is 3. The highest BCUT2D eigenvalue weighted by Crippen LogP contribution is 2.42. The molecule has 33 heavy (non-hydrogen) atoms. The van der Waals surface area contributed by atoms with Gasteiger partial charge < -0.3 is 15.0 Å². The Hall–Kier alpha value is -2.92. The van der Waals surface area contributed by atoms with E-state index in [0.29, 0.717) is 18.1 Å². The van der Waals surface area contributed by atoms with Crippen molar-refractivity contribution in [2.45, 2.75) is 43.7 Å². The van der Waals surface area contributed by atoms with Crippen molar-refractivity contribution >= 4 is 6.03 Å². The lowest BCUT2D eigenvalue weighted by Gasteiger charge is -2.45. The first-order chi connectivity index (χ1) is 15.8. The van der Waals surface area contributed by atoms with Crippen molar-refractivity contribution < 1.29 is 22.7 Å². The summed E-state index contributed by atoms with van der Waals surface area (Å²) in [5.74, 6) is 0.465. The molecule has 3 N–H and O–H groups in total. The molecule has 1 saturated carbocycles. The highest BCUT2D eigenvalue weighted by atomic mass is 19.4. The summed E-state index contributed by atoms with van der Waals surface area (Å²) in [7, 11) is 1.52. The van der Waals surface area contributed by atoms with Gasteiger partial charge in [-0.2, -0.15) is 13.2 Å². The summed E-state index contributed by atoms with van der Waals surface area (Å²) in [4.78, 5) is 22.7. The van der Waals surface area contributed by atoms with Crippen LogP contribution in [0.2, 0.25) is 0 Å². The molecule has 8 nitrogen and oxygen atoms in total. The summed E-state index contributed by atoms with van der Waals surface area (Å²) in [6.45, 7) is 0.640. The Labute approximate surface area is 188 Å². The van der Waals surface area contributed by atoms with Crippen LogP contribution in [0.25, 0.3) is 0 Å². The van der Waals surface area contributed by atoms with Crippen LogP contribution in [0.1, 0.15) is 35.6 Å². The number of alkyl halides is 3. The maximum absolute atomic E-state index is 13.1. The van der Waals surface area contributed by atoms with Gasteiger partial charge in [-0.1, -0.05) is 12.1 Å². The summed E-state index contributed by atoms with van der Waals surface area (Å²) in [6.07, 6.45) is 0.723. The fraction of sp³-hybridized carbons (Fsp3) is 0.500. The number of fused-ring (bicyclic) bond motifs is 2. The molecule has 3 fully saturated rings. The first-order valence-corrected chi connectivity index (χ1v) is 10.9. The molecule has 3 aliphatic rings. The molecule has 1 aromatic carbocycles. The Morgan fingerprint density at radius 1 is 1.15 bits per heavy atom. The maximum Gasteiger partial charge on any atom is 0.416 e. The first-order valence-electron chi connectivity index (χ1n) is 10.9. The van der Waals surface area contributed by atoms with Crippen molar-refractivity contribution in [3.63, 3.8) is 0 Å². The van der Waals surface area contributed by atoms with Gasteiger partial charge in [0.05, 0.1) is 18.7 Å². The van der Waals surface area contributed by atoms with Gasteiger partial charge in [0.25, 0.3) is 0 Å². The van der Waals surface area contributed by atoms with Gasteiger partial charge in [-0.3, -0.25) is 5.43 Å². The quantitative estimate of drug-likeness (QED) is 0.647. The Morgan fingerprint density at radius 3 is 2.67 bits per heavy atom. The maximum atomic E-state index is 13.1. The normalized spacial score (nSPS) is 29.3. The number of amides is 2. The minimum Gasteiger partial charge on any atom is -0.467 e. The molecule has 2 aliphatic heterocycles. The topological polar surface area (TPSA) is 91.4 Å². The second-order valence-corrected chi connectivity index (χ2v) is 8.91. The minimum absolute atomic E-state index is 0.0244. The highest BCUT2D eigenvalue weighted by molar-refractivity contribution is 5.75. The van der Waals surface area contributed by atoms with Gasteiger partial charge in [-0.05, 0) is 42.4 Å². The van der Waals surface area contributed by atoms with E-state index >= 15 is 0 Å². The number of urea groups is 1. The number of carbonyl (C=O) groups is 1. The molecule has 176 valence electrons. The molecule has 3 heterocycles. The van der Waals surface area contributed by atoms with Crippen molar-refractivity contribution in [3.8, 4) is 6.01 Å². The number of aromatic nitrogens is 2. The van der Waals surface area contributed by atoms with Gasteiger partial charge in [0.15, 0.2) is 0 Å². The number of rotatable bonds is 4. The van der Waals surface area contributed by atoms with Crippen molar-refractivity contribution in [1.29, 1.82) is 0 Å². The predicted octanol–water partition coefficient (Wildman–Crippen LogP) is 2.64. The predicted molar refractivity (Wildman–Crippen MR) is 112 cm³/mol. The van der Waals surface area contributed by atoms with E-state index < -0.39 is 11.7 Å². The number of hydrogen-bond acceptors (Lipinski definition) is 6. The molecule has 1 aromatic heterocycles. The second kappa shape index (κ2) is 8.45. The zero-order valence-electron chi connectivity index (χ0n) is 18.0. The smallest absolute Gasteiger partial charge is 0.416 e. The molecule has 2 saturated heterocycles. The Morgan fingerprint density at radius 2 is 1.94 bits per heavy atom. The minimum atomic E-state index is -4.41. The molecule has 5 rings (SSSR count). The average Bonchev–Trinajstić information content (AvgIpc) is 3.20. The molecule has 1 aliphatic carbocycles. The van der Waals surface area contributed by atoms with E-state index in [0.717, 1.165) is 30.5 Å². The van der Waals surface area contributed by atoms with Crippen LogP contribution in [0.3, 0.4) is 0 Å². The zero-order valence-corrected chi connectivity index (χ0v) is 18.0. The standard InChI is InChI=1S/C22H25F3N6O2/c1-33-20-26-8-14(9-27-20)19-16-6-13-11-31(21(32)28-17(13)7-18(16)29-30-19)10-12-3-2-4-15(5-12)22(23,24)25/h2-5,8-9,13,16-19,29-30H,6-7,10-11H2,1H3,(H,28,32). The van der Waals surface area contributed by atoms with Gasteiger partial charge in [-0.25, -0.2) is 20.2 Å². The van der Waals surface area contributed by atoms with Crippen molar-refractivity contribution in [3.05, 3.63) is 53.3 Å². The number of carbonyl (C=O) groups excluding carboxylic acids is 1. The van der Waals surface area contributed by atoms with Crippen LogP contribution in [0, 0.1) is 11.8 Å². The summed E-state index contributed by atoms with van der Waals surface area (Å²) < 4.78 is 44.2. The fourth-order valence-corrected chi connectivity index (χ4v) is 5.28. The molecule has 2 aromatic rings. The molecular weight excluding hydrogens is 437 g/mol. The average molecular weight is 462 g/mol. The molecule has 2 amide bonds. The second-order valence-electron chi connectivity index (χ2n) is 8.91. The Balaban J connectivity index is 1.29. The van der Waals surface area contributed by atoms with E-state index in [-0.39, 0.29) is 42.5 Å². The summed E-state index contributed by atoms with van der Waals surface area (Å²) in [5, 5.41) is 3.07. The molecule has 0 bridgehead atoms. The fourth-order valence-electron chi connectivity index (χ4n) is 5.28. The van der Waals surface area contributed by atoms with Crippen LogP contribution < -0.4 is 20.9 Å². The van der Waals surface area contributed by atoms with Gasteiger partial charge >= 0.3 is 18.2 Å². The Bertz CT molecular complexity index is 1020. The van der Waals surface area contributed by atoms with Crippen molar-refractivity contribution in [1.82, 2.24) is 31.0 Å². The lowest BCUT2D eigenvalue weighted by Crippen LogP contribution is -2.60. The van der Waals surface area contributed by atoms with Crippen LogP contribution >= 0.6 is 0 Å².